The van der Waals surface area contributed by atoms with Gasteiger partial charge in [-0.1, -0.05) is 36.0 Å². The Labute approximate surface area is 182 Å². The molecule has 158 valence electrons. The van der Waals surface area contributed by atoms with Crippen molar-refractivity contribution in [3.8, 4) is 11.4 Å². The Balaban J connectivity index is 1.16. The summed E-state index contributed by atoms with van der Waals surface area (Å²) in [6, 6.07) is 11.9. The predicted molar refractivity (Wildman–Crippen MR) is 121 cm³/mol. The Kier molecular flexibility index (Phi) is 5.46. The number of rotatable bonds is 6. The molecule has 2 unspecified atom stereocenters. The number of hydrogen-bond acceptors (Lipinski definition) is 5. The highest BCUT2D eigenvalue weighted by atomic mass is 32.2. The van der Waals surface area contributed by atoms with Gasteiger partial charge in [-0.2, -0.15) is 0 Å². The molecule has 5 rings (SSSR count). The molecule has 5 nitrogen and oxygen atoms in total. The third-order valence-corrected chi connectivity index (χ3v) is 7.87. The van der Waals surface area contributed by atoms with Crippen LogP contribution in [-0.4, -0.2) is 44.5 Å². The summed E-state index contributed by atoms with van der Waals surface area (Å²) in [4.78, 5) is 2.74. The van der Waals surface area contributed by atoms with Crippen LogP contribution in [0, 0.1) is 13.8 Å². The van der Waals surface area contributed by atoms with Gasteiger partial charge in [0.05, 0.1) is 5.56 Å². The van der Waals surface area contributed by atoms with Gasteiger partial charge in [0.1, 0.15) is 11.5 Å². The van der Waals surface area contributed by atoms with Crippen molar-refractivity contribution in [3.63, 3.8) is 0 Å². The minimum absolute atomic E-state index is 0.735. The zero-order chi connectivity index (χ0) is 20.7. The average molecular weight is 423 g/mol. The van der Waals surface area contributed by atoms with Crippen molar-refractivity contribution < 1.29 is 4.42 Å². The molecule has 0 amide bonds. The lowest BCUT2D eigenvalue weighted by Gasteiger charge is -2.33. The highest BCUT2D eigenvalue weighted by Crippen LogP contribution is 2.41. The molecule has 2 atom stereocenters. The van der Waals surface area contributed by atoms with Crippen molar-refractivity contribution in [1.82, 2.24) is 19.7 Å². The van der Waals surface area contributed by atoms with E-state index in [1.54, 1.807) is 11.1 Å². The lowest BCUT2D eigenvalue weighted by atomic mass is 9.79. The molecule has 1 aromatic carbocycles. The highest BCUT2D eigenvalue weighted by Gasteiger charge is 2.37. The molecular weight excluding hydrogens is 392 g/mol. The van der Waals surface area contributed by atoms with Gasteiger partial charge in [-0.15, -0.1) is 10.2 Å². The molecular formula is C24H30N4OS. The van der Waals surface area contributed by atoms with Gasteiger partial charge in [0.15, 0.2) is 11.0 Å². The number of furan rings is 1. The number of likely N-dealkylation sites (tertiary alicyclic amines) is 1. The van der Waals surface area contributed by atoms with E-state index in [9.17, 15) is 0 Å². The second-order valence-electron chi connectivity index (χ2n) is 8.63. The monoisotopic (exact) mass is 422 g/mol. The Hall–Kier alpha value is -2.05. The van der Waals surface area contributed by atoms with Gasteiger partial charge in [0.2, 0.25) is 0 Å². The topological polar surface area (TPSA) is 47.1 Å². The van der Waals surface area contributed by atoms with Crippen LogP contribution in [0.5, 0.6) is 0 Å². The van der Waals surface area contributed by atoms with E-state index < -0.39 is 0 Å². The summed E-state index contributed by atoms with van der Waals surface area (Å²) in [5.41, 5.74) is 4.23. The first-order chi connectivity index (χ1) is 14.6. The third kappa shape index (κ3) is 3.60. The maximum absolute atomic E-state index is 5.66. The maximum atomic E-state index is 5.66. The lowest BCUT2D eigenvalue weighted by Crippen LogP contribution is -2.35. The maximum Gasteiger partial charge on any atom is 0.191 e. The third-order valence-electron chi connectivity index (χ3n) is 6.76. The van der Waals surface area contributed by atoms with Crippen LogP contribution < -0.4 is 0 Å². The number of hydrogen-bond donors (Lipinski definition) is 0. The Morgan fingerprint density at radius 2 is 2.03 bits per heavy atom. The molecule has 2 aromatic heterocycles. The number of fused-ring (bicyclic) bond motifs is 3. The molecule has 2 aliphatic rings. The molecule has 0 saturated carbocycles. The zero-order valence-corrected chi connectivity index (χ0v) is 18.9. The smallest absolute Gasteiger partial charge is 0.191 e. The van der Waals surface area contributed by atoms with Gasteiger partial charge in [0, 0.05) is 24.8 Å². The van der Waals surface area contributed by atoms with Crippen LogP contribution in [0.15, 0.2) is 39.9 Å². The number of aromatic nitrogens is 3. The Morgan fingerprint density at radius 1 is 1.17 bits per heavy atom. The molecule has 30 heavy (non-hydrogen) atoms. The molecule has 3 aromatic rings. The van der Waals surface area contributed by atoms with E-state index in [1.165, 1.54) is 38.8 Å². The zero-order valence-electron chi connectivity index (χ0n) is 18.1. The van der Waals surface area contributed by atoms with Crippen LogP contribution in [0.25, 0.3) is 11.4 Å². The minimum Gasteiger partial charge on any atom is -0.466 e. The summed E-state index contributed by atoms with van der Waals surface area (Å²) in [7, 11) is 2.05. The van der Waals surface area contributed by atoms with Crippen LogP contribution in [0.4, 0.5) is 0 Å². The molecule has 0 spiro atoms. The quantitative estimate of drug-likeness (QED) is 0.414. The average Bonchev–Trinajstić information content (AvgIpc) is 3.42. The molecule has 1 aliphatic heterocycles. The summed E-state index contributed by atoms with van der Waals surface area (Å²) >= 11 is 1.81. The van der Waals surface area contributed by atoms with Crippen LogP contribution >= 0.6 is 11.8 Å². The van der Waals surface area contributed by atoms with Crippen LogP contribution in [0.3, 0.4) is 0 Å². The molecule has 3 heterocycles. The summed E-state index contributed by atoms with van der Waals surface area (Å²) in [5.74, 6) is 4.51. The highest BCUT2D eigenvalue weighted by molar-refractivity contribution is 7.99. The molecule has 0 radical (unpaired) electrons. The van der Waals surface area contributed by atoms with E-state index in [2.05, 4.69) is 43.9 Å². The fourth-order valence-corrected chi connectivity index (χ4v) is 6.16. The van der Waals surface area contributed by atoms with Crippen molar-refractivity contribution in [3.05, 3.63) is 53.0 Å². The van der Waals surface area contributed by atoms with E-state index in [4.69, 9.17) is 4.42 Å². The Bertz CT molecular complexity index is 1040. The lowest BCUT2D eigenvalue weighted by molar-refractivity contribution is 0.228. The summed E-state index contributed by atoms with van der Waals surface area (Å²) in [6.45, 7) is 6.37. The normalized spacial score (nSPS) is 21.0. The van der Waals surface area contributed by atoms with E-state index in [0.29, 0.717) is 0 Å². The fraction of sp³-hybridized carbons (Fsp3) is 0.500. The van der Waals surface area contributed by atoms with Gasteiger partial charge in [-0.3, -0.25) is 4.90 Å². The predicted octanol–water partition coefficient (Wildman–Crippen LogP) is 4.98. The first-order valence-electron chi connectivity index (χ1n) is 11.0. The van der Waals surface area contributed by atoms with Gasteiger partial charge in [-0.05, 0) is 69.8 Å². The van der Waals surface area contributed by atoms with Crippen molar-refractivity contribution in [2.75, 3.05) is 18.8 Å². The standard InChI is InChI=1S/C24H30N4OS/c1-16-15-21(17(2)29-16)23-25-26-24(27(23)3)30-14-6-12-28-13-11-20-19-8-5-4-7-18(19)9-10-22(20)28/h4-5,7-8,15,20,22H,6,9-14H2,1-3H3. The first-order valence-corrected chi connectivity index (χ1v) is 12.0. The summed E-state index contributed by atoms with van der Waals surface area (Å²) in [6.07, 6.45) is 5.04. The Morgan fingerprint density at radius 3 is 2.87 bits per heavy atom. The fourth-order valence-electron chi connectivity index (χ4n) is 5.33. The number of nitrogens with zero attached hydrogens (tertiary/aromatic N) is 4. The van der Waals surface area contributed by atoms with Crippen LogP contribution in [0.2, 0.25) is 0 Å². The van der Waals surface area contributed by atoms with E-state index in [-0.39, 0.29) is 0 Å². The van der Waals surface area contributed by atoms with Crippen molar-refractivity contribution in [2.24, 2.45) is 7.05 Å². The van der Waals surface area contributed by atoms with E-state index >= 15 is 0 Å². The van der Waals surface area contributed by atoms with Gasteiger partial charge < -0.3 is 8.98 Å². The molecule has 1 saturated heterocycles. The number of thioether (sulfide) groups is 1. The molecule has 0 N–H and O–H groups in total. The molecule has 1 aliphatic carbocycles. The first kappa shape index (κ1) is 19.9. The van der Waals surface area contributed by atoms with Crippen molar-refractivity contribution in [1.29, 1.82) is 0 Å². The molecule has 6 heteroatoms. The number of benzene rings is 1. The second-order valence-corrected chi connectivity index (χ2v) is 9.69. The minimum atomic E-state index is 0.735. The van der Waals surface area contributed by atoms with Gasteiger partial charge >= 0.3 is 0 Å². The van der Waals surface area contributed by atoms with Gasteiger partial charge in [0.25, 0.3) is 0 Å². The largest absolute Gasteiger partial charge is 0.466 e. The molecule has 0 bridgehead atoms. The summed E-state index contributed by atoms with van der Waals surface area (Å²) < 4.78 is 7.75. The number of aryl methyl sites for hydroxylation is 3. The molecule has 1 fully saturated rings. The summed E-state index contributed by atoms with van der Waals surface area (Å²) in [5, 5.41) is 9.82. The van der Waals surface area contributed by atoms with Crippen molar-refractivity contribution >= 4 is 11.8 Å². The van der Waals surface area contributed by atoms with Crippen LogP contribution in [-0.2, 0) is 13.5 Å². The SMILES string of the molecule is Cc1cc(-c2nnc(SCCCN3CCC4c5ccccc5CCC43)n2C)c(C)o1. The van der Waals surface area contributed by atoms with E-state index in [0.717, 1.165) is 45.8 Å². The van der Waals surface area contributed by atoms with E-state index in [1.807, 2.05) is 38.7 Å². The van der Waals surface area contributed by atoms with Crippen LogP contribution in [0.1, 0.15) is 47.8 Å². The second kappa shape index (κ2) is 8.23. The van der Waals surface area contributed by atoms with Gasteiger partial charge in [-0.25, -0.2) is 0 Å². The van der Waals surface area contributed by atoms with Crippen molar-refractivity contribution in [2.45, 2.75) is 56.6 Å².